The number of aliphatic hydroxyl groups excluding tert-OH is 1. The minimum absolute atomic E-state index is 0.0537. The molecule has 0 radical (unpaired) electrons. The van der Waals surface area contributed by atoms with Crippen LogP contribution in [0.2, 0.25) is 0 Å². The molecular weight excluding hydrogens is 611 g/mol. The molecule has 3 N–H and O–H groups in total. The summed E-state index contributed by atoms with van der Waals surface area (Å²) >= 11 is 0. The van der Waals surface area contributed by atoms with Gasteiger partial charge in [0.2, 0.25) is 5.91 Å². The molecule has 0 spiro atoms. The van der Waals surface area contributed by atoms with E-state index in [9.17, 15) is 19.4 Å². The third kappa shape index (κ3) is 33.0. The average molecular weight is 686 g/mol. The zero-order valence-corrected chi connectivity index (χ0v) is 31.9. The number of aliphatic hydroxyl groups is 1. The third-order valence-corrected chi connectivity index (χ3v) is 9.07. The quantitative estimate of drug-likeness (QED) is 0.0275. The molecule has 9 heteroatoms. The van der Waals surface area contributed by atoms with E-state index in [1.807, 2.05) is 27.2 Å². The molecule has 0 saturated heterocycles. The number of phosphoric ester groups is 1. The molecule has 0 fully saturated rings. The minimum atomic E-state index is -4.33. The van der Waals surface area contributed by atoms with Gasteiger partial charge in [-0.25, -0.2) is 4.57 Å². The van der Waals surface area contributed by atoms with Crippen molar-refractivity contribution in [2.75, 3.05) is 40.9 Å². The maximum Gasteiger partial charge on any atom is 0.472 e. The summed E-state index contributed by atoms with van der Waals surface area (Å²) < 4.78 is 23.3. The van der Waals surface area contributed by atoms with Crippen molar-refractivity contribution < 1.29 is 32.9 Å². The van der Waals surface area contributed by atoms with Crippen LogP contribution < -0.4 is 5.32 Å². The zero-order chi connectivity index (χ0) is 35.1. The molecule has 0 aromatic heterocycles. The number of allylic oxidation sites excluding steroid dienone is 5. The van der Waals surface area contributed by atoms with E-state index < -0.39 is 20.0 Å². The number of carbonyl (C=O) groups is 1. The van der Waals surface area contributed by atoms with Crippen molar-refractivity contribution in [3.63, 3.8) is 0 Å². The van der Waals surface area contributed by atoms with E-state index in [1.165, 1.54) is 83.5 Å². The molecule has 0 aliphatic carbocycles. The molecule has 0 aliphatic rings. The predicted octanol–water partition coefficient (Wildman–Crippen LogP) is 9.57. The molecule has 0 aliphatic heterocycles. The summed E-state index contributed by atoms with van der Waals surface area (Å²) in [4.78, 5) is 22.8. The molecule has 0 aromatic rings. The van der Waals surface area contributed by atoms with Crippen LogP contribution in [0, 0.1) is 0 Å². The standard InChI is InChI=1S/C38H73N2O6P/c1-6-8-10-12-14-15-16-17-18-19-20-21-22-23-24-26-27-29-31-37(41)36(35-46-47(43,44)45-34-33-40(3,4)5)39-38(42)32-30-28-25-13-11-9-7-2/h19-20,23-24,29,31,36-37,41H,6-18,21-22,25-28,30,32-35H2,1-5H3,(H-,39,42,43,44)/p+1/b20-19+,24-23+,31-29+. The first-order chi connectivity index (χ1) is 22.5. The van der Waals surface area contributed by atoms with Gasteiger partial charge < -0.3 is 19.8 Å². The molecule has 0 bridgehead atoms. The van der Waals surface area contributed by atoms with Gasteiger partial charge >= 0.3 is 7.82 Å². The number of carbonyl (C=O) groups excluding carboxylic acids is 1. The van der Waals surface area contributed by atoms with Gasteiger partial charge in [-0.15, -0.1) is 0 Å². The van der Waals surface area contributed by atoms with Crippen LogP contribution in [0.15, 0.2) is 36.5 Å². The summed E-state index contributed by atoms with van der Waals surface area (Å²) in [7, 11) is 1.54. The van der Waals surface area contributed by atoms with E-state index in [2.05, 4.69) is 43.5 Å². The second-order valence-electron chi connectivity index (χ2n) is 13.9. The Hall–Kier alpha value is -1.28. The summed E-state index contributed by atoms with van der Waals surface area (Å²) in [5, 5.41) is 13.7. The fourth-order valence-electron chi connectivity index (χ4n) is 5.01. The minimum Gasteiger partial charge on any atom is -0.387 e. The summed E-state index contributed by atoms with van der Waals surface area (Å²) in [6, 6.07) is -0.862. The maximum absolute atomic E-state index is 12.7. The summed E-state index contributed by atoms with van der Waals surface area (Å²) in [6.45, 7) is 4.70. The highest BCUT2D eigenvalue weighted by atomic mass is 31.2. The average Bonchev–Trinajstić information content (AvgIpc) is 3.01. The number of nitrogens with zero attached hydrogens (tertiary/aromatic N) is 1. The van der Waals surface area contributed by atoms with Crippen LogP contribution in [0.25, 0.3) is 0 Å². The number of rotatable bonds is 33. The Balaban J connectivity index is 4.54. The van der Waals surface area contributed by atoms with Crippen molar-refractivity contribution in [1.29, 1.82) is 0 Å². The van der Waals surface area contributed by atoms with Crippen molar-refractivity contribution in [1.82, 2.24) is 5.32 Å². The van der Waals surface area contributed by atoms with Gasteiger partial charge in [0.15, 0.2) is 0 Å². The molecule has 0 heterocycles. The lowest BCUT2D eigenvalue weighted by Gasteiger charge is -2.25. The Morgan fingerprint density at radius 2 is 1.17 bits per heavy atom. The van der Waals surface area contributed by atoms with Crippen molar-refractivity contribution >= 4 is 13.7 Å². The van der Waals surface area contributed by atoms with Crippen LogP contribution in [-0.4, -0.2) is 73.4 Å². The van der Waals surface area contributed by atoms with Crippen LogP contribution in [0.1, 0.15) is 149 Å². The highest BCUT2D eigenvalue weighted by molar-refractivity contribution is 7.47. The first-order valence-corrected chi connectivity index (χ1v) is 20.4. The lowest BCUT2D eigenvalue weighted by molar-refractivity contribution is -0.870. The van der Waals surface area contributed by atoms with Gasteiger partial charge in [0.1, 0.15) is 13.2 Å². The largest absolute Gasteiger partial charge is 0.472 e. The number of hydrogen-bond acceptors (Lipinski definition) is 5. The molecule has 3 atom stereocenters. The van der Waals surface area contributed by atoms with Crippen molar-refractivity contribution in [3.8, 4) is 0 Å². The summed E-state index contributed by atoms with van der Waals surface area (Å²) in [6.07, 6.45) is 35.1. The van der Waals surface area contributed by atoms with Gasteiger partial charge in [0.05, 0.1) is 39.9 Å². The fraction of sp³-hybridized carbons (Fsp3) is 0.816. The molecule has 0 saturated carbocycles. The summed E-state index contributed by atoms with van der Waals surface area (Å²) in [5.41, 5.74) is 0. The van der Waals surface area contributed by atoms with Crippen LogP contribution in [0.3, 0.4) is 0 Å². The molecule has 8 nitrogen and oxygen atoms in total. The third-order valence-electron chi connectivity index (χ3n) is 8.09. The predicted molar refractivity (Wildman–Crippen MR) is 198 cm³/mol. The lowest BCUT2D eigenvalue weighted by atomic mass is 10.1. The Bertz CT molecular complexity index is 871. The zero-order valence-electron chi connectivity index (χ0n) is 31.0. The van der Waals surface area contributed by atoms with Crippen LogP contribution >= 0.6 is 7.82 Å². The highest BCUT2D eigenvalue weighted by Crippen LogP contribution is 2.43. The Morgan fingerprint density at radius 3 is 1.70 bits per heavy atom. The van der Waals surface area contributed by atoms with E-state index in [0.717, 1.165) is 44.9 Å². The van der Waals surface area contributed by atoms with Crippen molar-refractivity contribution in [2.45, 2.75) is 161 Å². The fourth-order valence-corrected chi connectivity index (χ4v) is 5.75. The number of quaternary nitrogens is 1. The number of unbranched alkanes of at least 4 members (excludes halogenated alkanes) is 16. The maximum atomic E-state index is 12.7. The Morgan fingerprint density at radius 1 is 0.702 bits per heavy atom. The number of phosphoric acid groups is 1. The van der Waals surface area contributed by atoms with E-state index in [1.54, 1.807) is 6.08 Å². The van der Waals surface area contributed by atoms with Gasteiger partial charge in [-0.2, -0.15) is 0 Å². The SMILES string of the molecule is CCCCCCCCCC/C=C/CC/C=C/CC/C=C/C(O)C(COP(=O)(O)OCC[N+](C)(C)C)NC(=O)CCCCCCCCC. The van der Waals surface area contributed by atoms with E-state index in [-0.39, 0.29) is 19.1 Å². The number of amides is 1. The Kier molecular flexibility index (Phi) is 29.9. The second kappa shape index (κ2) is 30.8. The van der Waals surface area contributed by atoms with E-state index in [4.69, 9.17) is 9.05 Å². The molecule has 0 rings (SSSR count). The molecule has 47 heavy (non-hydrogen) atoms. The van der Waals surface area contributed by atoms with Crippen LogP contribution in [-0.2, 0) is 18.4 Å². The molecular formula is C38H74N2O6P+. The monoisotopic (exact) mass is 686 g/mol. The van der Waals surface area contributed by atoms with Gasteiger partial charge in [0.25, 0.3) is 0 Å². The lowest BCUT2D eigenvalue weighted by Crippen LogP contribution is -2.45. The van der Waals surface area contributed by atoms with Crippen LogP contribution in [0.5, 0.6) is 0 Å². The molecule has 1 amide bonds. The normalized spacial score (nSPS) is 15.1. The molecule has 0 aromatic carbocycles. The topological polar surface area (TPSA) is 105 Å². The van der Waals surface area contributed by atoms with Crippen molar-refractivity contribution in [3.05, 3.63) is 36.5 Å². The first-order valence-electron chi connectivity index (χ1n) is 18.9. The molecule has 3 unspecified atom stereocenters. The second-order valence-corrected chi connectivity index (χ2v) is 15.4. The van der Waals surface area contributed by atoms with Gasteiger partial charge in [-0.3, -0.25) is 13.8 Å². The van der Waals surface area contributed by atoms with E-state index in [0.29, 0.717) is 17.4 Å². The van der Waals surface area contributed by atoms with Crippen LogP contribution in [0.4, 0.5) is 0 Å². The summed E-state index contributed by atoms with van der Waals surface area (Å²) in [5.74, 6) is -0.201. The van der Waals surface area contributed by atoms with Crippen molar-refractivity contribution in [2.24, 2.45) is 0 Å². The number of nitrogens with one attached hydrogen (secondary N) is 1. The number of hydrogen-bond donors (Lipinski definition) is 3. The van der Waals surface area contributed by atoms with Gasteiger partial charge in [-0.1, -0.05) is 134 Å². The Labute approximate surface area is 289 Å². The van der Waals surface area contributed by atoms with Gasteiger partial charge in [-0.05, 0) is 44.9 Å². The van der Waals surface area contributed by atoms with Gasteiger partial charge in [0, 0.05) is 6.42 Å². The number of likely N-dealkylation sites (N-methyl/N-ethyl adjacent to an activating group) is 1. The smallest absolute Gasteiger partial charge is 0.387 e. The first kappa shape index (κ1) is 45.7. The molecule has 276 valence electrons. The van der Waals surface area contributed by atoms with E-state index >= 15 is 0 Å². The highest BCUT2D eigenvalue weighted by Gasteiger charge is 2.27.